The molecule has 4 rings (SSSR count). The molecule has 1 aliphatic carbocycles. The zero-order valence-electron chi connectivity index (χ0n) is 17.3. The molecule has 0 aliphatic heterocycles. The van der Waals surface area contributed by atoms with Gasteiger partial charge in [0.25, 0.3) is 0 Å². The van der Waals surface area contributed by atoms with Crippen LogP contribution in [0.2, 0.25) is 0 Å². The summed E-state index contributed by atoms with van der Waals surface area (Å²) in [5.74, 6) is -0.0663. The van der Waals surface area contributed by atoms with Crippen molar-refractivity contribution in [2.75, 3.05) is 0 Å². The van der Waals surface area contributed by atoms with Crippen LogP contribution in [0.25, 0.3) is 5.69 Å². The van der Waals surface area contributed by atoms with Crippen LogP contribution in [0.5, 0.6) is 0 Å². The Bertz CT molecular complexity index is 1020. The molecule has 1 amide bonds. The van der Waals surface area contributed by atoms with E-state index in [4.69, 9.17) is 0 Å². The zero-order valence-corrected chi connectivity index (χ0v) is 17.3. The van der Waals surface area contributed by atoms with Gasteiger partial charge < -0.3 is 9.88 Å². The summed E-state index contributed by atoms with van der Waals surface area (Å²) < 4.78 is 1.93. The van der Waals surface area contributed by atoms with E-state index in [-0.39, 0.29) is 30.6 Å². The minimum absolute atomic E-state index is 0.0378. The number of aryl methyl sites for hydroxylation is 2. The smallest absolute Gasteiger partial charge is 0.220 e. The maximum atomic E-state index is 12.6. The fourth-order valence-corrected chi connectivity index (χ4v) is 4.02. The van der Waals surface area contributed by atoms with Crippen molar-refractivity contribution in [2.45, 2.75) is 51.5 Å². The molecular weight excluding hydrogens is 374 g/mol. The van der Waals surface area contributed by atoms with E-state index in [9.17, 15) is 9.59 Å². The van der Waals surface area contributed by atoms with E-state index < -0.39 is 0 Å². The SMILES string of the molecule is CC(NC(=O)CCC(=O)c1ccc2c(c1)CCCC2)c1ccc(-n2ccnc2)cc1. The third-order valence-corrected chi connectivity index (χ3v) is 5.82. The number of hydrogen-bond acceptors (Lipinski definition) is 3. The lowest BCUT2D eigenvalue weighted by Gasteiger charge is -2.16. The van der Waals surface area contributed by atoms with Crippen molar-refractivity contribution in [3.63, 3.8) is 0 Å². The lowest BCUT2D eigenvalue weighted by atomic mass is 9.89. The Hall–Kier alpha value is -3.21. The van der Waals surface area contributed by atoms with Crippen LogP contribution >= 0.6 is 0 Å². The standard InChI is InChI=1S/C25H27N3O2/c1-18(19-8-10-23(11-9-19)28-15-14-26-17-28)27-25(30)13-12-24(29)22-7-6-20-4-2-3-5-21(20)16-22/h6-11,14-18H,2-5,12-13H2,1H3,(H,27,30). The Morgan fingerprint density at radius 3 is 2.53 bits per heavy atom. The number of amides is 1. The number of nitrogens with zero attached hydrogens (tertiary/aromatic N) is 2. The first kappa shape index (κ1) is 20.1. The second-order valence-corrected chi connectivity index (χ2v) is 7.96. The van der Waals surface area contributed by atoms with Gasteiger partial charge in [-0.05, 0) is 67.5 Å². The molecule has 1 aliphatic rings. The Morgan fingerprint density at radius 2 is 1.80 bits per heavy atom. The van der Waals surface area contributed by atoms with Gasteiger partial charge in [-0.15, -0.1) is 0 Å². The number of aromatic nitrogens is 2. The Morgan fingerprint density at radius 1 is 1.03 bits per heavy atom. The number of carbonyl (C=O) groups excluding carboxylic acids is 2. The van der Waals surface area contributed by atoms with Crippen molar-refractivity contribution in [3.8, 4) is 5.69 Å². The molecule has 0 saturated carbocycles. The molecule has 0 spiro atoms. The summed E-state index contributed by atoms with van der Waals surface area (Å²) in [4.78, 5) is 29.0. The highest BCUT2D eigenvalue weighted by atomic mass is 16.2. The summed E-state index contributed by atoms with van der Waals surface area (Å²) >= 11 is 0. The van der Waals surface area contributed by atoms with Crippen LogP contribution < -0.4 is 5.32 Å². The molecule has 0 bridgehead atoms. The third kappa shape index (κ3) is 4.67. The molecule has 0 fully saturated rings. The Kier molecular flexibility index (Phi) is 6.07. The van der Waals surface area contributed by atoms with Gasteiger partial charge in [0.2, 0.25) is 5.91 Å². The van der Waals surface area contributed by atoms with Crippen molar-refractivity contribution >= 4 is 11.7 Å². The van der Waals surface area contributed by atoms with Crippen molar-refractivity contribution < 1.29 is 9.59 Å². The number of nitrogens with one attached hydrogen (secondary N) is 1. The van der Waals surface area contributed by atoms with Gasteiger partial charge in [0.1, 0.15) is 0 Å². The summed E-state index contributed by atoms with van der Waals surface area (Å²) in [6.07, 6.45) is 10.4. The average molecular weight is 402 g/mol. The summed E-state index contributed by atoms with van der Waals surface area (Å²) in [6, 6.07) is 13.9. The maximum absolute atomic E-state index is 12.6. The Labute approximate surface area is 177 Å². The minimum atomic E-state index is -0.117. The van der Waals surface area contributed by atoms with E-state index >= 15 is 0 Å². The molecule has 0 radical (unpaired) electrons. The minimum Gasteiger partial charge on any atom is -0.350 e. The largest absolute Gasteiger partial charge is 0.350 e. The maximum Gasteiger partial charge on any atom is 0.220 e. The van der Waals surface area contributed by atoms with Gasteiger partial charge in [0, 0.05) is 36.5 Å². The molecule has 1 aromatic heterocycles. The van der Waals surface area contributed by atoms with Gasteiger partial charge in [-0.25, -0.2) is 4.98 Å². The van der Waals surface area contributed by atoms with Crippen LogP contribution in [0.3, 0.4) is 0 Å². The second-order valence-electron chi connectivity index (χ2n) is 7.96. The number of Topliss-reactive ketones (excluding diaryl/α,β-unsaturated/α-hetero) is 1. The number of carbonyl (C=O) groups is 2. The highest BCUT2D eigenvalue weighted by molar-refractivity contribution is 5.98. The number of rotatable bonds is 7. The van der Waals surface area contributed by atoms with E-state index in [1.807, 2.05) is 54.1 Å². The van der Waals surface area contributed by atoms with Crippen LogP contribution in [0.4, 0.5) is 0 Å². The highest BCUT2D eigenvalue weighted by Gasteiger charge is 2.15. The highest BCUT2D eigenvalue weighted by Crippen LogP contribution is 2.23. The zero-order chi connectivity index (χ0) is 20.9. The molecule has 1 unspecified atom stereocenters. The van der Waals surface area contributed by atoms with E-state index in [2.05, 4.69) is 16.4 Å². The molecule has 5 heteroatoms. The van der Waals surface area contributed by atoms with E-state index in [0.29, 0.717) is 0 Å². The summed E-state index contributed by atoms with van der Waals surface area (Å²) in [5.41, 5.74) is 5.43. The number of imidazole rings is 1. The number of benzene rings is 2. The molecule has 1 N–H and O–H groups in total. The van der Waals surface area contributed by atoms with Gasteiger partial charge in [-0.2, -0.15) is 0 Å². The lowest BCUT2D eigenvalue weighted by molar-refractivity contribution is -0.121. The quantitative estimate of drug-likeness (QED) is 0.589. The molecule has 1 heterocycles. The van der Waals surface area contributed by atoms with Gasteiger partial charge in [0.15, 0.2) is 5.78 Å². The molecule has 1 atom stereocenters. The Balaban J connectivity index is 1.29. The van der Waals surface area contributed by atoms with Crippen LogP contribution in [0.1, 0.15) is 65.7 Å². The second kappa shape index (κ2) is 9.08. The van der Waals surface area contributed by atoms with Crippen molar-refractivity contribution in [1.82, 2.24) is 14.9 Å². The first-order valence-electron chi connectivity index (χ1n) is 10.6. The number of ketones is 1. The summed E-state index contributed by atoms with van der Waals surface area (Å²) in [6.45, 7) is 1.95. The molecule has 2 aromatic carbocycles. The average Bonchev–Trinajstić information content (AvgIpc) is 3.32. The number of fused-ring (bicyclic) bond motifs is 1. The monoisotopic (exact) mass is 401 g/mol. The summed E-state index contributed by atoms with van der Waals surface area (Å²) in [7, 11) is 0. The summed E-state index contributed by atoms with van der Waals surface area (Å²) in [5, 5.41) is 3.00. The van der Waals surface area contributed by atoms with Crippen LogP contribution in [-0.4, -0.2) is 21.2 Å². The van der Waals surface area contributed by atoms with E-state index in [0.717, 1.165) is 29.7 Å². The molecule has 0 saturated heterocycles. The van der Waals surface area contributed by atoms with E-state index in [1.54, 1.807) is 12.5 Å². The number of hydrogen-bond donors (Lipinski definition) is 1. The van der Waals surface area contributed by atoms with Crippen LogP contribution in [-0.2, 0) is 17.6 Å². The molecule has 3 aromatic rings. The van der Waals surface area contributed by atoms with Crippen LogP contribution in [0, 0.1) is 0 Å². The fourth-order valence-electron chi connectivity index (χ4n) is 4.02. The van der Waals surface area contributed by atoms with Crippen LogP contribution in [0.15, 0.2) is 61.2 Å². The first-order chi connectivity index (χ1) is 14.6. The predicted molar refractivity (Wildman–Crippen MR) is 117 cm³/mol. The van der Waals surface area contributed by atoms with Crippen molar-refractivity contribution in [2.24, 2.45) is 0 Å². The van der Waals surface area contributed by atoms with Gasteiger partial charge in [-0.3, -0.25) is 9.59 Å². The molecule has 154 valence electrons. The topological polar surface area (TPSA) is 64.0 Å². The third-order valence-electron chi connectivity index (χ3n) is 5.82. The van der Waals surface area contributed by atoms with Gasteiger partial charge in [0.05, 0.1) is 12.4 Å². The fraction of sp³-hybridized carbons (Fsp3) is 0.320. The first-order valence-corrected chi connectivity index (χ1v) is 10.6. The van der Waals surface area contributed by atoms with Crippen molar-refractivity contribution in [3.05, 3.63) is 83.4 Å². The van der Waals surface area contributed by atoms with Gasteiger partial charge >= 0.3 is 0 Å². The molecular formula is C25H27N3O2. The predicted octanol–water partition coefficient (Wildman–Crippen LogP) is 4.59. The van der Waals surface area contributed by atoms with E-state index in [1.165, 1.54) is 24.0 Å². The molecule has 5 nitrogen and oxygen atoms in total. The van der Waals surface area contributed by atoms with Crippen molar-refractivity contribution in [1.29, 1.82) is 0 Å². The molecule has 30 heavy (non-hydrogen) atoms. The normalized spacial score (nSPS) is 14.0. The lowest BCUT2D eigenvalue weighted by Crippen LogP contribution is -2.27. The van der Waals surface area contributed by atoms with Gasteiger partial charge in [-0.1, -0.05) is 24.3 Å².